The number of nitrogens with one attached hydrogen (secondary N) is 1. The summed E-state index contributed by atoms with van der Waals surface area (Å²) in [4.78, 5) is 24.6. The van der Waals surface area contributed by atoms with E-state index in [0.29, 0.717) is 16.2 Å². The van der Waals surface area contributed by atoms with Gasteiger partial charge in [0.1, 0.15) is 6.33 Å². The smallest absolute Gasteiger partial charge is 0.333 e. The van der Waals surface area contributed by atoms with E-state index in [2.05, 4.69) is 20.3 Å². The predicted molar refractivity (Wildman–Crippen MR) is 109 cm³/mol. The first-order chi connectivity index (χ1) is 13.6. The predicted octanol–water partition coefficient (Wildman–Crippen LogP) is 5.48. The van der Waals surface area contributed by atoms with Crippen molar-refractivity contribution in [1.29, 1.82) is 0 Å². The highest BCUT2D eigenvalue weighted by atomic mass is 35.5. The summed E-state index contributed by atoms with van der Waals surface area (Å²) in [7, 11) is 0. The van der Waals surface area contributed by atoms with Crippen molar-refractivity contribution in [3.8, 4) is 0 Å². The molecule has 7 nitrogen and oxygen atoms in total. The molecular formula is C19H12ClN5O2S. The van der Waals surface area contributed by atoms with Crippen molar-refractivity contribution in [3.63, 3.8) is 0 Å². The van der Waals surface area contributed by atoms with Crippen molar-refractivity contribution in [2.24, 2.45) is 0 Å². The summed E-state index contributed by atoms with van der Waals surface area (Å²) < 4.78 is 0. The fourth-order valence-electron chi connectivity index (χ4n) is 2.64. The second-order valence-electron chi connectivity index (χ2n) is 5.69. The summed E-state index contributed by atoms with van der Waals surface area (Å²) in [5.74, 6) is 0.106. The number of aromatic nitrogens is 3. The number of para-hydroxylation sites is 1. The maximum atomic E-state index is 11.8. The third kappa shape index (κ3) is 3.73. The van der Waals surface area contributed by atoms with E-state index in [1.54, 1.807) is 36.5 Å². The molecule has 0 amide bonds. The zero-order valence-electron chi connectivity index (χ0n) is 14.2. The van der Waals surface area contributed by atoms with Gasteiger partial charge in [-0.25, -0.2) is 9.97 Å². The van der Waals surface area contributed by atoms with Crippen LogP contribution in [0.4, 0.5) is 17.2 Å². The van der Waals surface area contributed by atoms with E-state index in [9.17, 15) is 10.1 Å². The van der Waals surface area contributed by atoms with Gasteiger partial charge in [0.2, 0.25) is 5.82 Å². The molecule has 0 unspecified atom stereocenters. The van der Waals surface area contributed by atoms with Crippen LogP contribution in [0.15, 0.2) is 77.0 Å². The average molecular weight is 410 g/mol. The molecule has 2 aromatic heterocycles. The minimum atomic E-state index is -0.487. The van der Waals surface area contributed by atoms with E-state index in [0.717, 1.165) is 10.3 Å². The highest BCUT2D eigenvalue weighted by Gasteiger charge is 2.24. The van der Waals surface area contributed by atoms with Crippen molar-refractivity contribution in [3.05, 3.63) is 82.3 Å². The van der Waals surface area contributed by atoms with Gasteiger partial charge in [-0.05, 0) is 36.4 Å². The number of nitrogens with zero attached hydrogens (tertiary/aromatic N) is 4. The van der Waals surface area contributed by atoms with Crippen LogP contribution in [-0.2, 0) is 0 Å². The number of pyridine rings is 1. The third-order valence-electron chi connectivity index (χ3n) is 3.89. The SMILES string of the molecule is O=[N+]([O-])c1c(Nc2cccc3cccnc23)ncnc1Sc1ccc(Cl)cc1. The molecule has 0 bridgehead atoms. The first-order valence-electron chi connectivity index (χ1n) is 8.15. The van der Waals surface area contributed by atoms with Gasteiger partial charge in [-0.15, -0.1) is 0 Å². The average Bonchev–Trinajstić information content (AvgIpc) is 2.70. The number of benzene rings is 2. The Bertz CT molecular complexity index is 1170. The summed E-state index contributed by atoms with van der Waals surface area (Å²) >= 11 is 7.07. The number of anilines is 2. The Morgan fingerprint density at radius 3 is 2.57 bits per heavy atom. The molecule has 0 saturated carbocycles. The van der Waals surface area contributed by atoms with E-state index in [4.69, 9.17) is 11.6 Å². The van der Waals surface area contributed by atoms with Gasteiger partial charge < -0.3 is 5.32 Å². The second-order valence-corrected chi connectivity index (χ2v) is 7.19. The van der Waals surface area contributed by atoms with Crippen molar-refractivity contribution in [2.75, 3.05) is 5.32 Å². The molecule has 0 saturated heterocycles. The normalized spacial score (nSPS) is 10.8. The van der Waals surface area contributed by atoms with Crippen molar-refractivity contribution >= 4 is 51.5 Å². The zero-order chi connectivity index (χ0) is 19.5. The lowest BCUT2D eigenvalue weighted by Crippen LogP contribution is -2.03. The summed E-state index contributed by atoms with van der Waals surface area (Å²) in [5.41, 5.74) is 1.13. The van der Waals surface area contributed by atoms with Crippen LogP contribution in [-0.4, -0.2) is 19.9 Å². The first-order valence-corrected chi connectivity index (χ1v) is 9.35. The molecule has 138 valence electrons. The minimum Gasteiger partial charge on any atom is -0.333 e. The Labute approximate surface area is 169 Å². The number of hydrogen-bond acceptors (Lipinski definition) is 7. The Kier molecular flexibility index (Phi) is 5.05. The molecule has 0 aliphatic heterocycles. The number of nitro groups is 1. The van der Waals surface area contributed by atoms with E-state index >= 15 is 0 Å². The summed E-state index contributed by atoms with van der Waals surface area (Å²) in [6.07, 6.45) is 2.97. The van der Waals surface area contributed by atoms with Gasteiger partial charge in [0.15, 0.2) is 5.03 Å². The lowest BCUT2D eigenvalue weighted by atomic mass is 10.2. The van der Waals surface area contributed by atoms with Gasteiger partial charge in [0.25, 0.3) is 0 Å². The Balaban J connectivity index is 1.74. The third-order valence-corrected chi connectivity index (χ3v) is 5.14. The summed E-state index contributed by atoms with van der Waals surface area (Å²) in [6.45, 7) is 0. The van der Waals surface area contributed by atoms with Crippen LogP contribution in [0.25, 0.3) is 10.9 Å². The van der Waals surface area contributed by atoms with Gasteiger partial charge in [0.05, 0.1) is 16.1 Å². The maximum absolute atomic E-state index is 11.8. The molecule has 4 aromatic rings. The van der Waals surface area contributed by atoms with Gasteiger partial charge >= 0.3 is 5.69 Å². The molecule has 0 fully saturated rings. The number of fused-ring (bicyclic) bond motifs is 1. The maximum Gasteiger partial charge on any atom is 0.343 e. The number of halogens is 1. The molecule has 4 rings (SSSR count). The van der Waals surface area contributed by atoms with E-state index in [1.807, 2.05) is 24.3 Å². The first kappa shape index (κ1) is 18.1. The molecule has 9 heteroatoms. The highest BCUT2D eigenvalue weighted by molar-refractivity contribution is 7.99. The van der Waals surface area contributed by atoms with Gasteiger partial charge in [-0.1, -0.05) is 41.6 Å². The van der Waals surface area contributed by atoms with Gasteiger partial charge in [-0.2, -0.15) is 0 Å². The fraction of sp³-hybridized carbons (Fsp3) is 0. The molecule has 0 atom stereocenters. The molecule has 2 heterocycles. The van der Waals surface area contributed by atoms with Gasteiger partial charge in [-0.3, -0.25) is 15.1 Å². The Hall–Kier alpha value is -3.23. The minimum absolute atomic E-state index is 0.106. The topological polar surface area (TPSA) is 93.8 Å². The molecule has 0 radical (unpaired) electrons. The molecule has 0 spiro atoms. The van der Waals surface area contributed by atoms with Crippen LogP contribution in [0.3, 0.4) is 0 Å². The van der Waals surface area contributed by atoms with Crippen molar-refractivity contribution in [1.82, 2.24) is 15.0 Å². The van der Waals surface area contributed by atoms with Crippen LogP contribution >= 0.6 is 23.4 Å². The standard InChI is InChI=1S/C19H12ClN5O2S/c20-13-6-8-14(9-7-13)28-19-17(25(26)27)18(22-11-23-19)24-15-5-1-3-12-4-2-10-21-16(12)15/h1-11H,(H,22,23,24). The summed E-state index contributed by atoms with van der Waals surface area (Å²) in [6, 6.07) is 16.3. The largest absolute Gasteiger partial charge is 0.343 e. The van der Waals surface area contributed by atoms with Crippen molar-refractivity contribution < 1.29 is 4.92 Å². The Morgan fingerprint density at radius 2 is 1.79 bits per heavy atom. The zero-order valence-corrected chi connectivity index (χ0v) is 15.8. The molecule has 2 aromatic carbocycles. The van der Waals surface area contributed by atoms with Crippen LogP contribution in [0.2, 0.25) is 5.02 Å². The van der Waals surface area contributed by atoms with Crippen LogP contribution in [0.1, 0.15) is 0 Å². The molecule has 1 N–H and O–H groups in total. The van der Waals surface area contributed by atoms with Gasteiger partial charge in [0, 0.05) is 21.5 Å². The van der Waals surface area contributed by atoms with Crippen molar-refractivity contribution in [2.45, 2.75) is 9.92 Å². The molecule has 28 heavy (non-hydrogen) atoms. The Morgan fingerprint density at radius 1 is 1.00 bits per heavy atom. The lowest BCUT2D eigenvalue weighted by Gasteiger charge is -2.10. The van der Waals surface area contributed by atoms with Crippen LogP contribution in [0, 0.1) is 10.1 Å². The summed E-state index contributed by atoms with van der Waals surface area (Å²) in [5, 5.41) is 16.6. The molecule has 0 aliphatic carbocycles. The molecular weight excluding hydrogens is 398 g/mol. The molecule has 0 aliphatic rings. The lowest BCUT2D eigenvalue weighted by molar-refractivity contribution is -0.387. The van der Waals surface area contributed by atoms with E-state index < -0.39 is 4.92 Å². The fourth-order valence-corrected chi connectivity index (χ4v) is 3.63. The van der Waals surface area contributed by atoms with Crippen LogP contribution in [0.5, 0.6) is 0 Å². The monoisotopic (exact) mass is 409 g/mol. The number of rotatable bonds is 5. The van der Waals surface area contributed by atoms with Crippen LogP contribution < -0.4 is 5.32 Å². The quantitative estimate of drug-likeness (QED) is 0.265. The van der Waals surface area contributed by atoms with E-state index in [-0.39, 0.29) is 16.5 Å². The van der Waals surface area contributed by atoms with E-state index in [1.165, 1.54) is 18.1 Å². The highest BCUT2D eigenvalue weighted by Crippen LogP contribution is 2.38. The number of hydrogen-bond donors (Lipinski definition) is 1. The second kappa shape index (κ2) is 7.79.